The van der Waals surface area contributed by atoms with Crippen LogP contribution in [0.5, 0.6) is 0 Å². The second kappa shape index (κ2) is 5.65. The van der Waals surface area contributed by atoms with Gasteiger partial charge in [-0.1, -0.05) is 13.0 Å². The number of amides is 1. The molecule has 1 saturated heterocycles. The second-order valence-electron chi connectivity index (χ2n) is 3.74. The van der Waals surface area contributed by atoms with Crippen molar-refractivity contribution in [1.82, 2.24) is 4.90 Å². The van der Waals surface area contributed by atoms with E-state index in [2.05, 4.69) is 0 Å². The first-order valence-electron chi connectivity index (χ1n) is 5.36. The molecule has 5 heteroatoms. The highest BCUT2D eigenvalue weighted by Crippen LogP contribution is 2.10. The molecule has 16 heavy (non-hydrogen) atoms. The summed E-state index contributed by atoms with van der Waals surface area (Å²) < 4.78 is 5.05. The van der Waals surface area contributed by atoms with E-state index in [0.717, 1.165) is 6.42 Å². The molecule has 0 bridgehead atoms. The number of rotatable bonds is 3. The lowest BCUT2D eigenvalue weighted by molar-refractivity contribution is -0.158. The lowest BCUT2D eigenvalue weighted by Crippen LogP contribution is -2.48. The van der Waals surface area contributed by atoms with Crippen LogP contribution in [0.1, 0.15) is 20.3 Å². The number of carboxylic acids is 1. The maximum atomic E-state index is 11.9. The molecule has 0 aromatic carbocycles. The molecule has 0 saturated carbocycles. The molecule has 1 unspecified atom stereocenters. The number of nitrogens with zero attached hydrogens (tertiary/aromatic N) is 1. The highest BCUT2D eigenvalue weighted by Gasteiger charge is 2.29. The van der Waals surface area contributed by atoms with Crippen LogP contribution in [0.3, 0.4) is 0 Å². The quantitative estimate of drug-likeness (QED) is 0.719. The molecule has 1 rings (SSSR count). The number of hydrogen-bond acceptors (Lipinski definition) is 3. The summed E-state index contributed by atoms with van der Waals surface area (Å²) in [5.74, 6) is -1.12. The Balaban J connectivity index is 2.63. The lowest BCUT2D eigenvalue weighted by atomic mass is 10.2. The fourth-order valence-electron chi connectivity index (χ4n) is 1.63. The van der Waals surface area contributed by atoms with Crippen molar-refractivity contribution in [2.75, 3.05) is 19.7 Å². The maximum absolute atomic E-state index is 11.9. The van der Waals surface area contributed by atoms with Crippen LogP contribution in [-0.4, -0.2) is 47.7 Å². The van der Waals surface area contributed by atoms with Gasteiger partial charge in [0.05, 0.1) is 13.2 Å². The number of ether oxygens (including phenoxy) is 1. The predicted octanol–water partition coefficient (Wildman–Crippen LogP) is 0.655. The summed E-state index contributed by atoms with van der Waals surface area (Å²) >= 11 is 0. The van der Waals surface area contributed by atoms with Crippen molar-refractivity contribution in [3.05, 3.63) is 11.6 Å². The SMILES string of the molecule is CCC=C(C)C(=O)N1CCOC(C(=O)O)C1. The lowest BCUT2D eigenvalue weighted by Gasteiger charge is -2.31. The summed E-state index contributed by atoms with van der Waals surface area (Å²) in [6, 6.07) is 0. The summed E-state index contributed by atoms with van der Waals surface area (Å²) in [5, 5.41) is 8.80. The van der Waals surface area contributed by atoms with Crippen molar-refractivity contribution in [1.29, 1.82) is 0 Å². The van der Waals surface area contributed by atoms with Crippen LogP contribution in [0.4, 0.5) is 0 Å². The Morgan fingerprint density at radius 1 is 1.56 bits per heavy atom. The summed E-state index contributed by atoms with van der Waals surface area (Å²) in [4.78, 5) is 24.1. The van der Waals surface area contributed by atoms with Crippen molar-refractivity contribution in [3.8, 4) is 0 Å². The topological polar surface area (TPSA) is 66.8 Å². The Hall–Kier alpha value is -1.36. The Kier molecular flexibility index (Phi) is 4.49. The van der Waals surface area contributed by atoms with Gasteiger partial charge in [0.1, 0.15) is 0 Å². The highest BCUT2D eigenvalue weighted by molar-refractivity contribution is 5.93. The standard InChI is InChI=1S/C11H17NO4/c1-3-4-8(2)10(13)12-5-6-16-9(7-12)11(14)15/h4,9H,3,5-7H2,1-2H3,(H,14,15). The van der Waals surface area contributed by atoms with E-state index in [4.69, 9.17) is 9.84 Å². The summed E-state index contributed by atoms with van der Waals surface area (Å²) in [5.41, 5.74) is 0.661. The van der Waals surface area contributed by atoms with E-state index in [1.54, 1.807) is 6.92 Å². The van der Waals surface area contributed by atoms with Crippen molar-refractivity contribution < 1.29 is 19.4 Å². The van der Waals surface area contributed by atoms with Gasteiger partial charge in [-0.05, 0) is 13.3 Å². The van der Waals surface area contributed by atoms with E-state index in [1.165, 1.54) is 4.90 Å². The average Bonchev–Trinajstić information content (AvgIpc) is 2.28. The third-order valence-electron chi connectivity index (χ3n) is 2.48. The normalized spacial score (nSPS) is 22.0. The van der Waals surface area contributed by atoms with Crippen molar-refractivity contribution in [2.24, 2.45) is 0 Å². The first-order valence-corrected chi connectivity index (χ1v) is 5.36. The molecule has 0 aromatic rings. The van der Waals surface area contributed by atoms with E-state index in [0.29, 0.717) is 12.1 Å². The Bertz CT molecular complexity index is 311. The van der Waals surface area contributed by atoms with Crippen LogP contribution in [0.15, 0.2) is 11.6 Å². The maximum Gasteiger partial charge on any atom is 0.334 e. The molecule has 0 spiro atoms. The fraction of sp³-hybridized carbons (Fsp3) is 0.636. The number of morpholine rings is 1. The molecular weight excluding hydrogens is 210 g/mol. The Morgan fingerprint density at radius 3 is 2.81 bits per heavy atom. The van der Waals surface area contributed by atoms with Crippen molar-refractivity contribution in [2.45, 2.75) is 26.4 Å². The number of hydrogen-bond donors (Lipinski definition) is 1. The van der Waals surface area contributed by atoms with E-state index < -0.39 is 12.1 Å². The molecule has 1 heterocycles. The van der Waals surface area contributed by atoms with E-state index in [1.807, 2.05) is 13.0 Å². The number of carbonyl (C=O) groups excluding carboxylic acids is 1. The minimum Gasteiger partial charge on any atom is -0.479 e. The Labute approximate surface area is 94.7 Å². The van der Waals surface area contributed by atoms with Gasteiger partial charge in [-0.2, -0.15) is 0 Å². The molecular formula is C11H17NO4. The molecule has 0 aromatic heterocycles. The van der Waals surface area contributed by atoms with Gasteiger partial charge in [-0.3, -0.25) is 4.79 Å². The van der Waals surface area contributed by atoms with E-state index in [-0.39, 0.29) is 19.1 Å². The van der Waals surface area contributed by atoms with Gasteiger partial charge in [0.15, 0.2) is 6.10 Å². The molecule has 1 N–H and O–H groups in total. The van der Waals surface area contributed by atoms with E-state index in [9.17, 15) is 9.59 Å². The van der Waals surface area contributed by atoms with Gasteiger partial charge in [0.25, 0.3) is 0 Å². The molecule has 1 aliphatic heterocycles. The number of aliphatic carboxylic acids is 1. The van der Waals surface area contributed by atoms with Crippen LogP contribution in [-0.2, 0) is 14.3 Å². The zero-order valence-corrected chi connectivity index (χ0v) is 9.60. The van der Waals surface area contributed by atoms with Gasteiger partial charge in [-0.25, -0.2) is 4.79 Å². The third kappa shape index (κ3) is 3.06. The Morgan fingerprint density at radius 2 is 2.25 bits per heavy atom. The highest BCUT2D eigenvalue weighted by atomic mass is 16.5. The molecule has 1 aliphatic rings. The zero-order valence-electron chi connectivity index (χ0n) is 9.60. The van der Waals surface area contributed by atoms with Crippen LogP contribution in [0.2, 0.25) is 0 Å². The zero-order chi connectivity index (χ0) is 12.1. The summed E-state index contributed by atoms with van der Waals surface area (Å²) in [7, 11) is 0. The minimum absolute atomic E-state index is 0.101. The largest absolute Gasteiger partial charge is 0.479 e. The number of allylic oxidation sites excluding steroid dienone is 1. The smallest absolute Gasteiger partial charge is 0.334 e. The molecule has 1 amide bonds. The van der Waals surface area contributed by atoms with Gasteiger partial charge in [-0.15, -0.1) is 0 Å². The van der Waals surface area contributed by atoms with Gasteiger partial charge >= 0.3 is 5.97 Å². The monoisotopic (exact) mass is 227 g/mol. The van der Waals surface area contributed by atoms with Crippen molar-refractivity contribution >= 4 is 11.9 Å². The first kappa shape index (κ1) is 12.7. The van der Waals surface area contributed by atoms with Gasteiger partial charge in [0.2, 0.25) is 5.91 Å². The van der Waals surface area contributed by atoms with Crippen LogP contribution in [0, 0.1) is 0 Å². The van der Waals surface area contributed by atoms with Gasteiger partial charge in [0, 0.05) is 12.1 Å². The summed E-state index contributed by atoms with van der Waals surface area (Å²) in [6.07, 6.45) is 1.74. The number of carbonyl (C=O) groups is 2. The van der Waals surface area contributed by atoms with Crippen LogP contribution < -0.4 is 0 Å². The molecule has 5 nitrogen and oxygen atoms in total. The first-order chi connectivity index (χ1) is 7.56. The predicted molar refractivity (Wildman–Crippen MR) is 58.0 cm³/mol. The van der Waals surface area contributed by atoms with E-state index >= 15 is 0 Å². The molecule has 90 valence electrons. The second-order valence-corrected chi connectivity index (χ2v) is 3.74. The van der Waals surface area contributed by atoms with Gasteiger partial charge < -0.3 is 14.7 Å². The molecule has 1 atom stereocenters. The summed E-state index contributed by atoms with van der Waals surface area (Å²) in [6.45, 7) is 4.57. The average molecular weight is 227 g/mol. The molecule has 1 fully saturated rings. The molecule has 0 radical (unpaired) electrons. The minimum atomic E-state index is -1.02. The van der Waals surface area contributed by atoms with Crippen LogP contribution >= 0.6 is 0 Å². The number of carboxylic acid groups (broad SMARTS) is 1. The fourth-order valence-corrected chi connectivity index (χ4v) is 1.63. The third-order valence-corrected chi connectivity index (χ3v) is 2.48. The van der Waals surface area contributed by atoms with Crippen LogP contribution in [0.25, 0.3) is 0 Å². The molecule has 0 aliphatic carbocycles. The van der Waals surface area contributed by atoms with Crippen molar-refractivity contribution in [3.63, 3.8) is 0 Å².